The normalized spacial score (nSPS) is 11.7. The summed E-state index contributed by atoms with van der Waals surface area (Å²) >= 11 is 0. The fraction of sp³-hybridized carbons (Fsp3) is 0.286. The van der Waals surface area contributed by atoms with E-state index in [2.05, 4.69) is 15.3 Å². The predicted molar refractivity (Wildman–Crippen MR) is 113 cm³/mol. The van der Waals surface area contributed by atoms with Crippen LogP contribution in [0, 0.1) is 11.6 Å². The molecule has 12 heteroatoms. The van der Waals surface area contributed by atoms with Gasteiger partial charge in [0.05, 0.1) is 51.4 Å². The second-order valence-electron chi connectivity index (χ2n) is 6.79. The molecule has 3 N–H and O–H groups in total. The van der Waals surface area contributed by atoms with E-state index in [1.807, 2.05) is 0 Å². The van der Waals surface area contributed by atoms with E-state index < -0.39 is 36.5 Å². The third-order valence-corrected chi connectivity index (χ3v) is 4.55. The van der Waals surface area contributed by atoms with E-state index in [1.165, 1.54) is 43.4 Å². The number of nitrogens with one attached hydrogen (secondary N) is 1. The number of anilines is 2. The number of pyridine rings is 1. The Bertz CT molecular complexity index is 1130. The molecule has 0 aliphatic rings. The Morgan fingerprint density at radius 1 is 1.12 bits per heavy atom. The molecule has 0 bridgehead atoms. The van der Waals surface area contributed by atoms with Crippen LogP contribution in [-0.4, -0.2) is 51.7 Å². The maximum Gasteiger partial charge on any atom is 0.252 e. The van der Waals surface area contributed by atoms with E-state index >= 15 is 0 Å². The largest absolute Gasteiger partial charge is 0.494 e. The second-order valence-corrected chi connectivity index (χ2v) is 6.79. The number of benzene rings is 1. The first-order valence-electron chi connectivity index (χ1n) is 9.66. The van der Waals surface area contributed by atoms with E-state index in [4.69, 9.17) is 19.3 Å². The van der Waals surface area contributed by atoms with Gasteiger partial charge in [-0.15, -0.1) is 0 Å². The lowest BCUT2D eigenvalue weighted by atomic mass is 10.1. The first-order valence-corrected chi connectivity index (χ1v) is 9.66. The molecule has 3 rings (SSSR count). The van der Waals surface area contributed by atoms with Gasteiger partial charge in [-0.3, -0.25) is 4.79 Å². The maximum atomic E-state index is 14.4. The van der Waals surface area contributed by atoms with E-state index in [-0.39, 0.29) is 35.3 Å². The number of halogens is 2. The highest BCUT2D eigenvalue weighted by molar-refractivity contribution is 5.51. The van der Waals surface area contributed by atoms with Crippen molar-refractivity contribution in [1.82, 2.24) is 14.5 Å². The van der Waals surface area contributed by atoms with Crippen LogP contribution in [0.5, 0.6) is 17.2 Å². The molecule has 0 aliphatic carbocycles. The van der Waals surface area contributed by atoms with Gasteiger partial charge >= 0.3 is 0 Å². The van der Waals surface area contributed by atoms with Crippen molar-refractivity contribution in [1.29, 1.82) is 0 Å². The molecule has 1 atom stereocenters. The average Bonchev–Trinajstić information content (AvgIpc) is 2.82. The van der Waals surface area contributed by atoms with Crippen molar-refractivity contribution in [3.8, 4) is 17.2 Å². The summed E-state index contributed by atoms with van der Waals surface area (Å²) in [5.41, 5.74) is -0.374. The minimum atomic E-state index is -1.04. The molecule has 176 valence electrons. The summed E-state index contributed by atoms with van der Waals surface area (Å²) in [4.78, 5) is 20.2. The van der Waals surface area contributed by atoms with Crippen LogP contribution in [0.4, 0.5) is 20.4 Å². The van der Waals surface area contributed by atoms with Gasteiger partial charge in [0.15, 0.2) is 28.9 Å². The fourth-order valence-corrected chi connectivity index (χ4v) is 2.82. The lowest BCUT2D eigenvalue weighted by Crippen LogP contribution is -2.27. The Balaban J connectivity index is 1.67. The molecule has 2 aromatic heterocycles. The van der Waals surface area contributed by atoms with Crippen LogP contribution in [0.15, 0.2) is 41.6 Å². The van der Waals surface area contributed by atoms with Gasteiger partial charge in [0.2, 0.25) is 5.95 Å². The van der Waals surface area contributed by atoms with Crippen LogP contribution >= 0.6 is 0 Å². The van der Waals surface area contributed by atoms with Crippen LogP contribution in [0.25, 0.3) is 0 Å². The zero-order chi connectivity index (χ0) is 24.0. The molecule has 0 fully saturated rings. The number of aliphatic hydroxyl groups is 2. The zero-order valence-corrected chi connectivity index (χ0v) is 17.8. The Morgan fingerprint density at radius 3 is 2.30 bits per heavy atom. The van der Waals surface area contributed by atoms with Crippen molar-refractivity contribution < 1.29 is 33.2 Å². The molecule has 3 aromatic rings. The molecule has 0 spiro atoms. The molecule has 1 aromatic carbocycles. The number of nitrogens with zero attached hydrogens (tertiary/aromatic N) is 3. The molecule has 2 heterocycles. The molecule has 0 radical (unpaired) electrons. The molecular weight excluding hydrogens is 442 g/mol. The van der Waals surface area contributed by atoms with Gasteiger partial charge in [0.1, 0.15) is 6.61 Å². The van der Waals surface area contributed by atoms with Crippen LogP contribution in [0.2, 0.25) is 0 Å². The van der Waals surface area contributed by atoms with Crippen molar-refractivity contribution in [2.75, 3.05) is 26.1 Å². The predicted octanol–water partition coefficient (Wildman–Crippen LogP) is 1.61. The third kappa shape index (κ3) is 5.73. The Hall–Kier alpha value is -3.77. The number of hydrogen-bond donors (Lipinski definition) is 3. The minimum Gasteiger partial charge on any atom is -0.494 e. The summed E-state index contributed by atoms with van der Waals surface area (Å²) in [7, 11) is 2.50. The average molecular weight is 464 g/mol. The highest BCUT2D eigenvalue weighted by Gasteiger charge is 2.20. The molecule has 0 unspecified atom stereocenters. The smallest absolute Gasteiger partial charge is 0.252 e. The fourth-order valence-electron chi connectivity index (χ4n) is 2.82. The quantitative estimate of drug-likeness (QED) is 0.410. The molecule has 10 nitrogen and oxygen atoms in total. The van der Waals surface area contributed by atoms with Crippen LogP contribution in [0.1, 0.15) is 5.56 Å². The molecule has 0 saturated heterocycles. The standard InChI is InChI=1S/C21H22F2N4O6/c1-31-16-6-17(32-2)20(23)15(19(16)22)11-33-14-7-24-21(25-8-14)26-12-3-4-27(18(30)5-12)9-13(29)10-28/h3-8,13,28-29H,9-11H2,1-2H3,(H,24,25,26)/t13-/m1/s1. The van der Waals surface area contributed by atoms with Gasteiger partial charge in [-0.25, -0.2) is 18.7 Å². The van der Waals surface area contributed by atoms with E-state index in [1.54, 1.807) is 6.07 Å². The summed E-state index contributed by atoms with van der Waals surface area (Å²) in [5.74, 6) is -1.89. The van der Waals surface area contributed by atoms with Crippen molar-refractivity contribution in [3.05, 3.63) is 64.3 Å². The molecular formula is C21H22F2N4O6. The Morgan fingerprint density at radius 2 is 1.76 bits per heavy atom. The minimum absolute atomic E-state index is 0.0432. The lowest BCUT2D eigenvalue weighted by molar-refractivity contribution is 0.0804. The van der Waals surface area contributed by atoms with Gasteiger partial charge in [-0.1, -0.05) is 0 Å². The van der Waals surface area contributed by atoms with E-state index in [0.29, 0.717) is 5.69 Å². The maximum absolute atomic E-state index is 14.4. The zero-order valence-electron chi connectivity index (χ0n) is 17.8. The number of rotatable bonds is 10. The van der Waals surface area contributed by atoms with Gasteiger partial charge in [-0.2, -0.15) is 0 Å². The molecule has 33 heavy (non-hydrogen) atoms. The van der Waals surface area contributed by atoms with Crippen molar-refractivity contribution in [2.45, 2.75) is 19.3 Å². The number of aliphatic hydroxyl groups excluding tert-OH is 2. The molecule has 0 saturated carbocycles. The van der Waals surface area contributed by atoms with Crippen molar-refractivity contribution in [2.24, 2.45) is 0 Å². The van der Waals surface area contributed by atoms with E-state index in [0.717, 1.165) is 6.07 Å². The van der Waals surface area contributed by atoms with Gasteiger partial charge in [0.25, 0.3) is 5.56 Å². The highest BCUT2D eigenvalue weighted by Crippen LogP contribution is 2.32. The number of methoxy groups -OCH3 is 2. The highest BCUT2D eigenvalue weighted by atomic mass is 19.1. The van der Waals surface area contributed by atoms with Gasteiger partial charge in [0, 0.05) is 24.0 Å². The number of aromatic nitrogens is 3. The van der Waals surface area contributed by atoms with Crippen molar-refractivity contribution >= 4 is 11.6 Å². The number of hydrogen-bond acceptors (Lipinski definition) is 9. The van der Waals surface area contributed by atoms with Gasteiger partial charge < -0.3 is 34.3 Å². The third-order valence-electron chi connectivity index (χ3n) is 4.55. The van der Waals surface area contributed by atoms with Crippen molar-refractivity contribution in [3.63, 3.8) is 0 Å². The molecule has 0 aliphatic heterocycles. The topological polar surface area (TPSA) is 128 Å². The first kappa shape index (κ1) is 23.9. The van der Waals surface area contributed by atoms with Crippen LogP contribution in [0.3, 0.4) is 0 Å². The van der Waals surface area contributed by atoms with E-state index in [9.17, 15) is 18.7 Å². The van der Waals surface area contributed by atoms with Crippen LogP contribution in [-0.2, 0) is 13.2 Å². The first-order chi connectivity index (χ1) is 15.9. The SMILES string of the molecule is COc1cc(OC)c(F)c(COc2cnc(Nc3ccn(C[C@@H](O)CO)c(=O)c3)nc2)c1F. The Labute approximate surface area is 187 Å². The summed E-state index contributed by atoms with van der Waals surface area (Å²) in [6.45, 7) is -0.961. The summed E-state index contributed by atoms with van der Waals surface area (Å²) in [6.07, 6.45) is 2.99. The molecule has 0 amide bonds. The number of ether oxygens (including phenoxy) is 3. The lowest BCUT2D eigenvalue weighted by Gasteiger charge is -2.13. The van der Waals surface area contributed by atoms with Crippen LogP contribution < -0.4 is 25.1 Å². The van der Waals surface area contributed by atoms with Gasteiger partial charge in [-0.05, 0) is 6.07 Å². The Kier molecular flexibility index (Phi) is 7.74. The summed E-state index contributed by atoms with van der Waals surface area (Å²) in [6, 6.07) is 3.95. The summed E-state index contributed by atoms with van der Waals surface area (Å²) < 4.78 is 45.3. The summed E-state index contributed by atoms with van der Waals surface area (Å²) in [5, 5.41) is 21.2. The monoisotopic (exact) mass is 464 g/mol. The second kappa shape index (κ2) is 10.7.